The average Bonchev–Trinajstić information content (AvgIpc) is 3.19. The molecule has 1 aromatic carbocycles. The van der Waals surface area contributed by atoms with Crippen molar-refractivity contribution in [1.29, 1.82) is 5.26 Å². The normalized spacial score (nSPS) is 11.8. The average molecular weight is 456 g/mol. The van der Waals surface area contributed by atoms with Crippen LogP contribution in [0.25, 0.3) is 16.9 Å². The number of rotatable bonds is 9. The number of benzene rings is 1. The highest BCUT2D eigenvalue weighted by Crippen LogP contribution is 2.37. The smallest absolute Gasteiger partial charge is 0.387 e. The van der Waals surface area contributed by atoms with Gasteiger partial charge in [-0.1, -0.05) is 13.8 Å². The van der Waals surface area contributed by atoms with Crippen LogP contribution in [-0.4, -0.2) is 28.9 Å². The van der Waals surface area contributed by atoms with Gasteiger partial charge in [-0.3, -0.25) is 9.20 Å². The summed E-state index contributed by atoms with van der Waals surface area (Å²) in [5.74, 6) is -0.101. The van der Waals surface area contributed by atoms with Crippen LogP contribution in [-0.2, 0) is 5.41 Å². The molecule has 0 aliphatic heterocycles. The van der Waals surface area contributed by atoms with Gasteiger partial charge in [0.1, 0.15) is 22.7 Å². The van der Waals surface area contributed by atoms with Gasteiger partial charge in [-0.05, 0) is 56.0 Å². The maximum absolute atomic E-state index is 13.2. The molecule has 0 fully saturated rings. The molecular formula is C25H27F2N3O3. The highest BCUT2D eigenvalue weighted by molar-refractivity contribution is 6.02. The maximum Gasteiger partial charge on any atom is 0.387 e. The van der Waals surface area contributed by atoms with Crippen molar-refractivity contribution in [3.8, 4) is 28.8 Å². The Bertz CT molecular complexity index is 1210. The van der Waals surface area contributed by atoms with Gasteiger partial charge in [-0.25, -0.2) is 4.98 Å². The first-order valence-electron chi connectivity index (χ1n) is 10.7. The van der Waals surface area contributed by atoms with Gasteiger partial charge < -0.3 is 9.47 Å². The zero-order chi connectivity index (χ0) is 24.3. The highest BCUT2D eigenvalue weighted by Gasteiger charge is 2.24. The number of hydrogen-bond acceptors (Lipinski definition) is 5. The largest absolute Gasteiger partial charge is 0.496 e. The lowest BCUT2D eigenvalue weighted by Gasteiger charge is -2.17. The Morgan fingerprint density at radius 2 is 1.94 bits per heavy atom. The third-order valence-corrected chi connectivity index (χ3v) is 5.54. The van der Waals surface area contributed by atoms with Crippen LogP contribution in [0.1, 0.15) is 56.5 Å². The van der Waals surface area contributed by atoms with Crippen LogP contribution in [0.3, 0.4) is 0 Å². The molecule has 0 aliphatic rings. The van der Waals surface area contributed by atoms with E-state index < -0.39 is 12.0 Å². The van der Waals surface area contributed by atoms with Crippen molar-refractivity contribution < 1.29 is 23.0 Å². The van der Waals surface area contributed by atoms with Crippen LogP contribution in [0.4, 0.5) is 8.78 Å². The number of ether oxygens (including phenoxy) is 2. The second-order valence-corrected chi connectivity index (χ2v) is 8.81. The summed E-state index contributed by atoms with van der Waals surface area (Å²) < 4.78 is 38.4. The summed E-state index contributed by atoms with van der Waals surface area (Å²) >= 11 is 0. The van der Waals surface area contributed by atoms with E-state index >= 15 is 0 Å². The van der Waals surface area contributed by atoms with E-state index in [1.165, 1.54) is 13.2 Å². The molecule has 0 atom stereocenters. The number of nitriles is 1. The van der Waals surface area contributed by atoms with Crippen LogP contribution < -0.4 is 9.47 Å². The summed E-state index contributed by atoms with van der Waals surface area (Å²) in [6, 6.07) is 8.92. The lowest BCUT2D eigenvalue weighted by molar-refractivity contribution is -0.0502. The van der Waals surface area contributed by atoms with Crippen molar-refractivity contribution in [2.24, 2.45) is 5.92 Å². The number of Topliss-reactive ketones (excluding diaryl/α,β-unsaturated/α-hetero) is 1. The Kier molecular flexibility index (Phi) is 7.01. The third-order valence-electron chi connectivity index (χ3n) is 5.54. The van der Waals surface area contributed by atoms with Gasteiger partial charge in [0.05, 0.1) is 30.5 Å². The number of methoxy groups -OCH3 is 1. The summed E-state index contributed by atoms with van der Waals surface area (Å²) in [6.07, 6.45) is 4.18. The van der Waals surface area contributed by atoms with Crippen molar-refractivity contribution in [3.63, 3.8) is 0 Å². The Morgan fingerprint density at radius 3 is 2.55 bits per heavy atom. The second kappa shape index (κ2) is 9.57. The molecule has 2 heterocycles. The highest BCUT2D eigenvalue weighted by atomic mass is 19.3. The number of fused-ring (bicyclic) bond motifs is 1. The van der Waals surface area contributed by atoms with Crippen molar-refractivity contribution in [2.45, 2.75) is 52.6 Å². The monoisotopic (exact) mass is 455 g/mol. The van der Waals surface area contributed by atoms with Crippen LogP contribution in [0, 0.1) is 17.2 Å². The molecule has 0 amide bonds. The molecule has 0 N–H and O–H groups in total. The summed E-state index contributed by atoms with van der Waals surface area (Å²) in [4.78, 5) is 17.3. The van der Waals surface area contributed by atoms with E-state index in [0.29, 0.717) is 23.3 Å². The number of halogens is 2. The fourth-order valence-corrected chi connectivity index (χ4v) is 3.55. The first-order valence-corrected chi connectivity index (χ1v) is 10.7. The van der Waals surface area contributed by atoms with Gasteiger partial charge in [-0.15, -0.1) is 0 Å². The topological polar surface area (TPSA) is 76.6 Å². The van der Waals surface area contributed by atoms with Gasteiger partial charge in [-0.2, -0.15) is 14.0 Å². The summed E-state index contributed by atoms with van der Waals surface area (Å²) in [5.41, 5.74) is 1.83. The van der Waals surface area contributed by atoms with Crippen molar-refractivity contribution in [3.05, 3.63) is 47.8 Å². The molecular weight excluding hydrogens is 428 g/mol. The second-order valence-electron chi connectivity index (χ2n) is 8.81. The fraction of sp³-hybridized carbons (Fsp3) is 0.400. The number of imidazole rings is 1. The molecule has 0 saturated heterocycles. The molecule has 2 aromatic heterocycles. The zero-order valence-corrected chi connectivity index (χ0v) is 19.4. The Morgan fingerprint density at radius 1 is 1.24 bits per heavy atom. The molecule has 0 bridgehead atoms. The van der Waals surface area contributed by atoms with Crippen molar-refractivity contribution in [2.75, 3.05) is 7.11 Å². The first kappa shape index (κ1) is 24.2. The molecule has 3 rings (SSSR count). The Labute approximate surface area is 191 Å². The molecule has 174 valence electrons. The van der Waals surface area contributed by atoms with Crippen LogP contribution in [0.2, 0.25) is 0 Å². The minimum atomic E-state index is -3.10. The predicted octanol–water partition coefficient (Wildman–Crippen LogP) is 6.03. The predicted molar refractivity (Wildman–Crippen MR) is 121 cm³/mol. The van der Waals surface area contributed by atoms with Crippen LogP contribution in [0.5, 0.6) is 11.5 Å². The molecule has 0 aliphatic carbocycles. The van der Waals surface area contributed by atoms with Gasteiger partial charge in [0.15, 0.2) is 5.78 Å². The van der Waals surface area contributed by atoms with Crippen molar-refractivity contribution in [1.82, 2.24) is 9.38 Å². The molecule has 8 heteroatoms. The molecule has 3 aromatic rings. The minimum absolute atomic E-state index is 0.00840. The number of carbonyl (C=O) groups excluding carboxylic acids is 1. The van der Waals surface area contributed by atoms with Crippen LogP contribution >= 0.6 is 0 Å². The van der Waals surface area contributed by atoms with Gasteiger partial charge >= 0.3 is 6.61 Å². The van der Waals surface area contributed by atoms with E-state index in [4.69, 9.17) is 9.47 Å². The number of nitrogens with zero attached hydrogens (tertiary/aromatic N) is 3. The summed E-state index contributed by atoms with van der Waals surface area (Å²) in [5, 5.41) is 9.41. The van der Waals surface area contributed by atoms with E-state index in [9.17, 15) is 18.8 Å². The number of alkyl halides is 2. The quantitative estimate of drug-likeness (QED) is 0.368. The van der Waals surface area contributed by atoms with Gasteiger partial charge in [0, 0.05) is 18.2 Å². The van der Waals surface area contributed by atoms with E-state index in [-0.39, 0.29) is 35.2 Å². The zero-order valence-electron chi connectivity index (χ0n) is 19.4. The van der Waals surface area contributed by atoms with E-state index in [2.05, 4.69) is 11.1 Å². The number of pyridine rings is 1. The SMILES string of the molecule is COc1cc(-c2cnc3cc(C(C)(C)C#N)ccn23)cc(OC(F)F)c1C(=O)CCC(C)C. The molecule has 0 radical (unpaired) electrons. The molecule has 6 nitrogen and oxygen atoms in total. The van der Waals surface area contributed by atoms with E-state index in [1.807, 2.05) is 39.8 Å². The minimum Gasteiger partial charge on any atom is -0.496 e. The van der Waals surface area contributed by atoms with Crippen molar-refractivity contribution >= 4 is 11.4 Å². The summed E-state index contributed by atoms with van der Waals surface area (Å²) in [6.45, 7) is 4.50. The summed E-state index contributed by atoms with van der Waals surface area (Å²) in [7, 11) is 1.38. The van der Waals surface area contributed by atoms with Crippen LogP contribution in [0.15, 0.2) is 36.7 Å². The standard InChI is InChI=1S/C25H27F2N3O3/c1-15(2)6-7-19(31)23-20(32-5)10-16(11-21(23)33-24(26)27)18-13-29-22-12-17(8-9-30(18)22)25(3,4)14-28/h8-13,15,24H,6-7H2,1-5H3. The lowest BCUT2D eigenvalue weighted by atomic mass is 9.87. The Hall–Kier alpha value is -3.47. The molecule has 0 saturated carbocycles. The Balaban J connectivity index is 2.13. The van der Waals surface area contributed by atoms with E-state index in [1.54, 1.807) is 22.9 Å². The molecule has 33 heavy (non-hydrogen) atoms. The number of ketones is 1. The number of aromatic nitrogens is 2. The fourth-order valence-electron chi connectivity index (χ4n) is 3.55. The molecule has 0 unspecified atom stereocenters. The third kappa shape index (κ3) is 5.14. The number of carbonyl (C=O) groups is 1. The van der Waals surface area contributed by atoms with Gasteiger partial charge in [0.2, 0.25) is 0 Å². The van der Waals surface area contributed by atoms with E-state index in [0.717, 1.165) is 5.56 Å². The molecule has 0 spiro atoms. The number of hydrogen-bond donors (Lipinski definition) is 0. The maximum atomic E-state index is 13.2. The first-order chi connectivity index (χ1) is 15.6. The lowest BCUT2D eigenvalue weighted by Crippen LogP contribution is -2.14. The van der Waals surface area contributed by atoms with Gasteiger partial charge in [0.25, 0.3) is 0 Å².